The van der Waals surface area contributed by atoms with Crippen LogP contribution in [0.15, 0.2) is 36.4 Å². The Labute approximate surface area is 126 Å². The standard InChI is InChI=1S/C15H15IN2O/c1-9-7-14(10(2)6-13(9)16)18-15(19)11-4-3-5-12(17)8-11/h3-8H,17H2,1-2H3,(H,18,19). The maximum absolute atomic E-state index is 12.1. The number of halogens is 1. The summed E-state index contributed by atoms with van der Waals surface area (Å²) in [4.78, 5) is 12.1. The number of amides is 1. The molecule has 0 saturated carbocycles. The first-order valence-electron chi connectivity index (χ1n) is 5.91. The Morgan fingerprint density at radius 1 is 1.16 bits per heavy atom. The number of hydrogen-bond donors (Lipinski definition) is 2. The van der Waals surface area contributed by atoms with Gasteiger partial charge in [0.15, 0.2) is 0 Å². The van der Waals surface area contributed by atoms with Crippen molar-refractivity contribution in [2.75, 3.05) is 11.1 Å². The van der Waals surface area contributed by atoms with Crippen molar-refractivity contribution in [3.63, 3.8) is 0 Å². The van der Waals surface area contributed by atoms with E-state index >= 15 is 0 Å². The third-order valence-corrected chi connectivity index (χ3v) is 4.06. The zero-order chi connectivity index (χ0) is 14.0. The first-order valence-corrected chi connectivity index (χ1v) is 6.99. The lowest BCUT2D eigenvalue weighted by molar-refractivity contribution is 0.102. The van der Waals surface area contributed by atoms with Crippen LogP contribution in [0.5, 0.6) is 0 Å². The van der Waals surface area contributed by atoms with Crippen molar-refractivity contribution in [2.24, 2.45) is 0 Å². The van der Waals surface area contributed by atoms with E-state index in [4.69, 9.17) is 5.73 Å². The lowest BCUT2D eigenvalue weighted by Gasteiger charge is -2.11. The van der Waals surface area contributed by atoms with E-state index in [-0.39, 0.29) is 5.91 Å². The van der Waals surface area contributed by atoms with Gasteiger partial charge in [0.25, 0.3) is 5.91 Å². The highest BCUT2D eigenvalue weighted by Gasteiger charge is 2.09. The molecule has 0 bridgehead atoms. The molecule has 0 spiro atoms. The molecule has 0 aliphatic carbocycles. The fourth-order valence-corrected chi connectivity index (χ4v) is 2.41. The van der Waals surface area contributed by atoms with E-state index < -0.39 is 0 Å². The molecule has 0 radical (unpaired) electrons. The maximum Gasteiger partial charge on any atom is 0.255 e. The van der Waals surface area contributed by atoms with Crippen molar-refractivity contribution >= 4 is 39.9 Å². The molecule has 0 heterocycles. The van der Waals surface area contributed by atoms with Crippen molar-refractivity contribution in [2.45, 2.75) is 13.8 Å². The zero-order valence-corrected chi connectivity index (χ0v) is 13.0. The topological polar surface area (TPSA) is 55.1 Å². The highest BCUT2D eigenvalue weighted by Crippen LogP contribution is 2.22. The summed E-state index contributed by atoms with van der Waals surface area (Å²) in [5.74, 6) is -0.143. The van der Waals surface area contributed by atoms with E-state index in [0.29, 0.717) is 11.3 Å². The van der Waals surface area contributed by atoms with Crippen LogP contribution in [-0.2, 0) is 0 Å². The number of carbonyl (C=O) groups is 1. The molecule has 4 heteroatoms. The average Bonchev–Trinajstić information content (AvgIpc) is 2.36. The van der Waals surface area contributed by atoms with Crippen molar-refractivity contribution in [1.29, 1.82) is 0 Å². The number of nitrogens with one attached hydrogen (secondary N) is 1. The van der Waals surface area contributed by atoms with Crippen molar-refractivity contribution < 1.29 is 4.79 Å². The largest absolute Gasteiger partial charge is 0.399 e. The fourth-order valence-electron chi connectivity index (χ4n) is 1.79. The number of benzene rings is 2. The van der Waals surface area contributed by atoms with Crippen LogP contribution in [-0.4, -0.2) is 5.91 Å². The Balaban J connectivity index is 2.27. The molecular formula is C15H15IN2O. The van der Waals surface area contributed by atoms with E-state index in [1.807, 2.05) is 19.9 Å². The molecule has 1 amide bonds. The SMILES string of the molecule is Cc1cc(NC(=O)c2cccc(N)c2)c(C)cc1I. The van der Waals surface area contributed by atoms with Crippen LogP contribution < -0.4 is 11.1 Å². The molecule has 2 rings (SSSR count). The van der Waals surface area contributed by atoms with Crippen LogP contribution in [0.2, 0.25) is 0 Å². The molecule has 3 N–H and O–H groups in total. The first kappa shape index (κ1) is 13.9. The molecule has 0 aliphatic rings. The van der Waals surface area contributed by atoms with Gasteiger partial charge >= 0.3 is 0 Å². The molecular weight excluding hydrogens is 351 g/mol. The molecule has 2 aromatic carbocycles. The second kappa shape index (κ2) is 5.61. The number of carbonyl (C=O) groups excluding carboxylic acids is 1. The number of nitrogens with two attached hydrogens (primary N) is 1. The predicted molar refractivity (Wildman–Crippen MR) is 87.4 cm³/mol. The highest BCUT2D eigenvalue weighted by atomic mass is 127. The van der Waals surface area contributed by atoms with E-state index in [9.17, 15) is 4.79 Å². The first-order chi connectivity index (χ1) is 8.97. The van der Waals surface area contributed by atoms with E-state index in [2.05, 4.69) is 34.0 Å². The highest BCUT2D eigenvalue weighted by molar-refractivity contribution is 14.1. The molecule has 0 unspecified atom stereocenters. The van der Waals surface area contributed by atoms with Crippen LogP contribution in [0.1, 0.15) is 21.5 Å². The van der Waals surface area contributed by atoms with Gasteiger partial charge in [-0.3, -0.25) is 4.79 Å². The van der Waals surface area contributed by atoms with Gasteiger partial charge < -0.3 is 11.1 Å². The average molecular weight is 366 g/mol. The summed E-state index contributed by atoms with van der Waals surface area (Å²) in [7, 11) is 0. The molecule has 0 atom stereocenters. The quantitative estimate of drug-likeness (QED) is 0.629. The van der Waals surface area contributed by atoms with Crippen molar-refractivity contribution in [1.82, 2.24) is 0 Å². The summed E-state index contributed by atoms with van der Waals surface area (Å²) in [6, 6.07) is 11.0. The van der Waals surface area contributed by atoms with Gasteiger partial charge in [-0.2, -0.15) is 0 Å². The summed E-state index contributed by atoms with van der Waals surface area (Å²) in [6.07, 6.45) is 0. The Bertz CT molecular complexity index is 638. The Morgan fingerprint density at radius 2 is 1.89 bits per heavy atom. The minimum atomic E-state index is -0.143. The van der Waals surface area contributed by atoms with Crippen molar-refractivity contribution in [3.8, 4) is 0 Å². The van der Waals surface area contributed by atoms with Crippen LogP contribution in [0, 0.1) is 17.4 Å². The zero-order valence-electron chi connectivity index (χ0n) is 10.8. The molecule has 0 saturated heterocycles. The fraction of sp³-hybridized carbons (Fsp3) is 0.133. The van der Waals surface area contributed by atoms with Gasteiger partial charge in [0.2, 0.25) is 0 Å². The monoisotopic (exact) mass is 366 g/mol. The number of anilines is 2. The maximum atomic E-state index is 12.1. The van der Waals surface area contributed by atoms with Gasteiger partial charge in [-0.1, -0.05) is 6.07 Å². The summed E-state index contributed by atoms with van der Waals surface area (Å²) in [5.41, 5.74) is 9.87. The Morgan fingerprint density at radius 3 is 2.58 bits per heavy atom. The minimum absolute atomic E-state index is 0.143. The Hall–Kier alpha value is -1.56. The number of nitrogen functional groups attached to an aromatic ring is 1. The lowest BCUT2D eigenvalue weighted by atomic mass is 10.1. The minimum Gasteiger partial charge on any atom is -0.399 e. The summed E-state index contributed by atoms with van der Waals surface area (Å²) in [6.45, 7) is 4.01. The second-order valence-corrected chi connectivity index (χ2v) is 5.66. The van der Waals surface area contributed by atoms with Gasteiger partial charge in [0.05, 0.1) is 0 Å². The molecule has 19 heavy (non-hydrogen) atoms. The van der Waals surface area contributed by atoms with E-state index in [0.717, 1.165) is 16.8 Å². The molecule has 0 fully saturated rings. The van der Waals surface area contributed by atoms with Gasteiger partial charge in [-0.05, 0) is 77.9 Å². The van der Waals surface area contributed by atoms with Crippen LogP contribution in [0.3, 0.4) is 0 Å². The third kappa shape index (κ3) is 3.26. The number of rotatable bonds is 2. The van der Waals surface area contributed by atoms with Crippen LogP contribution in [0.25, 0.3) is 0 Å². The van der Waals surface area contributed by atoms with Crippen LogP contribution in [0.4, 0.5) is 11.4 Å². The second-order valence-electron chi connectivity index (χ2n) is 4.50. The molecule has 0 aromatic heterocycles. The van der Waals surface area contributed by atoms with Gasteiger partial charge in [0, 0.05) is 20.5 Å². The smallest absolute Gasteiger partial charge is 0.255 e. The summed E-state index contributed by atoms with van der Waals surface area (Å²) < 4.78 is 1.19. The van der Waals surface area contributed by atoms with E-state index in [1.165, 1.54) is 3.57 Å². The molecule has 2 aromatic rings. The van der Waals surface area contributed by atoms with Gasteiger partial charge in [0.1, 0.15) is 0 Å². The van der Waals surface area contributed by atoms with Crippen molar-refractivity contribution in [3.05, 3.63) is 56.7 Å². The summed E-state index contributed by atoms with van der Waals surface area (Å²) in [5, 5.41) is 2.92. The van der Waals surface area contributed by atoms with Gasteiger partial charge in [-0.15, -0.1) is 0 Å². The number of aryl methyl sites for hydroxylation is 2. The number of hydrogen-bond acceptors (Lipinski definition) is 2. The normalized spacial score (nSPS) is 10.3. The lowest BCUT2D eigenvalue weighted by Crippen LogP contribution is -2.13. The van der Waals surface area contributed by atoms with Gasteiger partial charge in [-0.25, -0.2) is 0 Å². The molecule has 0 aliphatic heterocycles. The van der Waals surface area contributed by atoms with E-state index in [1.54, 1.807) is 24.3 Å². The Kier molecular flexibility index (Phi) is 4.09. The summed E-state index contributed by atoms with van der Waals surface area (Å²) >= 11 is 2.29. The molecule has 98 valence electrons. The predicted octanol–water partition coefficient (Wildman–Crippen LogP) is 3.74. The third-order valence-electron chi connectivity index (χ3n) is 2.90. The molecule has 3 nitrogen and oxygen atoms in total. The van der Waals surface area contributed by atoms with Crippen LogP contribution >= 0.6 is 22.6 Å².